The van der Waals surface area contributed by atoms with Crippen molar-refractivity contribution >= 4 is 16.7 Å². The predicted octanol–water partition coefficient (Wildman–Crippen LogP) is 1.05. The Labute approximate surface area is 107 Å². The van der Waals surface area contributed by atoms with E-state index in [9.17, 15) is 15.2 Å². The molecule has 2 rings (SSSR count). The number of methoxy groups -OCH3 is 2. The van der Waals surface area contributed by atoms with Crippen LogP contribution in [0.5, 0.6) is 11.8 Å². The topological polar surface area (TPSA) is 108 Å². The third-order valence-electron chi connectivity index (χ3n) is 2.54. The van der Waals surface area contributed by atoms with Gasteiger partial charge in [0.25, 0.3) is 17.4 Å². The lowest BCUT2D eigenvalue weighted by Crippen LogP contribution is -2.01. The Morgan fingerprint density at radius 3 is 2.42 bits per heavy atom. The van der Waals surface area contributed by atoms with Gasteiger partial charge in [0.15, 0.2) is 0 Å². The lowest BCUT2D eigenvalue weighted by Gasteiger charge is -2.08. The first-order valence-electron chi connectivity index (χ1n) is 5.28. The van der Waals surface area contributed by atoms with Crippen molar-refractivity contribution < 1.29 is 19.5 Å². The van der Waals surface area contributed by atoms with Gasteiger partial charge < -0.3 is 14.6 Å². The van der Waals surface area contributed by atoms with Gasteiger partial charge in [-0.25, -0.2) is 9.97 Å². The quantitative estimate of drug-likeness (QED) is 0.650. The highest BCUT2D eigenvalue weighted by Crippen LogP contribution is 2.29. The molecule has 8 heteroatoms. The van der Waals surface area contributed by atoms with Crippen LogP contribution in [0.1, 0.15) is 5.56 Å². The molecule has 0 saturated heterocycles. The Kier molecular flexibility index (Phi) is 3.43. The van der Waals surface area contributed by atoms with Gasteiger partial charge in [-0.05, 0) is 0 Å². The van der Waals surface area contributed by atoms with Crippen molar-refractivity contribution in [3.05, 3.63) is 27.8 Å². The van der Waals surface area contributed by atoms with E-state index in [1.165, 1.54) is 26.4 Å². The highest BCUT2D eigenvalue weighted by atomic mass is 16.6. The van der Waals surface area contributed by atoms with Crippen LogP contribution in [0.15, 0.2) is 12.1 Å². The molecule has 0 radical (unpaired) electrons. The summed E-state index contributed by atoms with van der Waals surface area (Å²) < 4.78 is 9.99. The van der Waals surface area contributed by atoms with E-state index in [-0.39, 0.29) is 29.6 Å². The number of nitro benzene ring substituents is 1. The maximum Gasteiger partial charge on any atom is 0.278 e. The maximum absolute atomic E-state index is 10.8. The third kappa shape index (κ3) is 2.25. The van der Waals surface area contributed by atoms with Crippen LogP contribution >= 0.6 is 0 Å². The van der Waals surface area contributed by atoms with Crippen molar-refractivity contribution in [2.24, 2.45) is 0 Å². The van der Waals surface area contributed by atoms with Gasteiger partial charge in [-0.15, -0.1) is 0 Å². The minimum Gasteiger partial charge on any atom is -0.477 e. The summed E-state index contributed by atoms with van der Waals surface area (Å²) in [5.41, 5.74) is 0.734. The van der Waals surface area contributed by atoms with Gasteiger partial charge in [0.2, 0.25) is 0 Å². The molecule has 0 atom stereocenters. The zero-order valence-electron chi connectivity index (χ0n) is 10.3. The molecule has 2 aromatic rings. The van der Waals surface area contributed by atoms with E-state index in [0.29, 0.717) is 11.1 Å². The Morgan fingerprint density at radius 1 is 1.26 bits per heavy atom. The molecule has 0 amide bonds. The second-order valence-corrected chi connectivity index (χ2v) is 3.63. The van der Waals surface area contributed by atoms with E-state index < -0.39 is 4.92 Å². The van der Waals surface area contributed by atoms with Crippen LogP contribution in [0.4, 0.5) is 5.69 Å². The van der Waals surface area contributed by atoms with Crippen molar-refractivity contribution in [2.45, 2.75) is 6.61 Å². The number of fused-ring (bicyclic) bond motifs is 1. The molecule has 19 heavy (non-hydrogen) atoms. The number of rotatable bonds is 4. The van der Waals surface area contributed by atoms with Crippen LogP contribution in [0.3, 0.4) is 0 Å². The number of hydrogen-bond acceptors (Lipinski definition) is 7. The smallest absolute Gasteiger partial charge is 0.278 e. The van der Waals surface area contributed by atoms with Gasteiger partial charge >= 0.3 is 0 Å². The molecular formula is C11H11N3O5. The Hall–Kier alpha value is -2.48. The molecular weight excluding hydrogens is 254 g/mol. The number of ether oxygens (including phenoxy) is 2. The summed E-state index contributed by atoms with van der Waals surface area (Å²) in [5.74, 6) is 0.276. The van der Waals surface area contributed by atoms with Crippen molar-refractivity contribution in [1.29, 1.82) is 0 Å². The summed E-state index contributed by atoms with van der Waals surface area (Å²) in [6.07, 6.45) is 0. The molecule has 100 valence electrons. The molecule has 1 aromatic heterocycles. The minimum atomic E-state index is -0.559. The Morgan fingerprint density at radius 2 is 1.89 bits per heavy atom. The highest BCUT2D eigenvalue weighted by molar-refractivity contribution is 5.82. The van der Waals surface area contributed by atoms with Gasteiger partial charge in [-0.3, -0.25) is 10.1 Å². The van der Waals surface area contributed by atoms with Gasteiger partial charge in [-0.1, -0.05) is 0 Å². The standard InChI is InChI=1S/C11H11N3O5/c1-18-10-11(19-2)13-9-6(5-15)3-7(14(16)17)4-8(9)12-10/h3-4,15H,5H2,1-2H3. The number of aliphatic hydroxyl groups is 1. The molecule has 0 saturated carbocycles. The number of hydrogen-bond donors (Lipinski definition) is 1. The fraction of sp³-hybridized carbons (Fsp3) is 0.273. The van der Waals surface area contributed by atoms with E-state index in [1.807, 2.05) is 0 Å². The summed E-state index contributed by atoms with van der Waals surface area (Å²) in [7, 11) is 2.80. The number of aromatic nitrogens is 2. The van der Waals surface area contributed by atoms with Gasteiger partial charge in [0.05, 0.1) is 31.3 Å². The molecule has 8 nitrogen and oxygen atoms in total. The summed E-state index contributed by atoms with van der Waals surface area (Å²) in [6, 6.07) is 2.52. The first kappa shape index (κ1) is 13.0. The van der Waals surface area contributed by atoms with Crippen LogP contribution in [0.2, 0.25) is 0 Å². The number of aliphatic hydroxyl groups excluding tert-OH is 1. The predicted molar refractivity (Wildman–Crippen MR) is 65.2 cm³/mol. The van der Waals surface area contributed by atoms with Crippen molar-refractivity contribution in [3.63, 3.8) is 0 Å². The third-order valence-corrected chi connectivity index (χ3v) is 2.54. The fourth-order valence-electron chi connectivity index (χ4n) is 1.67. The summed E-state index contributed by atoms with van der Waals surface area (Å²) in [5, 5.41) is 20.1. The average molecular weight is 265 g/mol. The van der Waals surface area contributed by atoms with Gasteiger partial charge in [0.1, 0.15) is 5.52 Å². The van der Waals surface area contributed by atoms with E-state index in [4.69, 9.17) is 9.47 Å². The molecule has 0 bridgehead atoms. The SMILES string of the molecule is COc1nc2cc([N+](=O)[O-])cc(CO)c2nc1OC. The fourth-order valence-corrected chi connectivity index (χ4v) is 1.67. The molecule has 1 N–H and O–H groups in total. The van der Waals surface area contributed by atoms with Gasteiger partial charge in [-0.2, -0.15) is 0 Å². The molecule has 0 aliphatic carbocycles. The first-order valence-corrected chi connectivity index (χ1v) is 5.28. The second-order valence-electron chi connectivity index (χ2n) is 3.63. The van der Waals surface area contributed by atoms with Crippen LogP contribution in [-0.2, 0) is 6.61 Å². The summed E-state index contributed by atoms with van der Waals surface area (Å²) >= 11 is 0. The Balaban J connectivity index is 2.78. The zero-order chi connectivity index (χ0) is 14.0. The minimum absolute atomic E-state index is 0.124. The number of nitro groups is 1. The van der Waals surface area contributed by atoms with E-state index in [2.05, 4.69) is 9.97 Å². The molecule has 0 unspecified atom stereocenters. The summed E-state index contributed by atoms with van der Waals surface area (Å²) in [6.45, 7) is -0.387. The van der Waals surface area contributed by atoms with Crippen LogP contribution in [-0.4, -0.2) is 34.2 Å². The number of non-ortho nitro benzene ring substituents is 1. The largest absolute Gasteiger partial charge is 0.477 e. The highest BCUT2D eigenvalue weighted by Gasteiger charge is 2.17. The first-order chi connectivity index (χ1) is 9.10. The van der Waals surface area contributed by atoms with Crippen molar-refractivity contribution in [1.82, 2.24) is 9.97 Å². The molecule has 1 aromatic carbocycles. The molecule has 0 aliphatic rings. The number of nitrogens with zero attached hydrogens (tertiary/aromatic N) is 3. The van der Waals surface area contributed by atoms with E-state index in [1.54, 1.807) is 0 Å². The lowest BCUT2D eigenvalue weighted by atomic mass is 10.1. The number of benzene rings is 1. The van der Waals surface area contributed by atoms with Gasteiger partial charge in [0, 0.05) is 17.7 Å². The summed E-state index contributed by atoms with van der Waals surface area (Å²) in [4.78, 5) is 18.5. The molecule has 1 heterocycles. The molecule has 0 aliphatic heterocycles. The Bertz CT molecular complexity index is 644. The lowest BCUT2D eigenvalue weighted by molar-refractivity contribution is -0.384. The van der Waals surface area contributed by atoms with Crippen LogP contribution in [0.25, 0.3) is 11.0 Å². The zero-order valence-corrected chi connectivity index (χ0v) is 10.3. The van der Waals surface area contributed by atoms with Crippen molar-refractivity contribution in [3.8, 4) is 11.8 Å². The van der Waals surface area contributed by atoms with Crippen LogP contribution in [0, 0.1) is 10.1 Å². The average Bonchev–Trinajstić information content (AvgIpc) is 2.44. The second kappa shape index (κ2) is 5.02. The van der Waals surface area contributed by atoms with E-state index in [0.717, 1.165) is 0 Å². The van der Waals surface area contributed by atoms with Crippen LogP contribution < -0.4 is 9.47 Å². The normalized spacial score (nSPS) is 10.5. The maximum atomic E-state index is 10.8. The molecule has 0 fully saturated rings. The van der Waals surface area contributed by atoms with E-state index >= 15 is 0 Å². The van der Waals surface area contributed by atoms with Crippen molar-refractivity contribution in [2.75, 3.05) is 14.2 Å². The monoisotopic (exact) mass is 265 g/mol. The molecule has 0 spiro atoms.